The van der Waals surface area contributed by atoms with E-state index in [2.05, 4.69) is 5.32 Å². The molecule has 0 unspecified atom stereocenters. The van der Waals surface area contributed by atoms with Crippen LogP contribution in [0.25, 0.3) is 0 Å². The lowest BCUT2D eigenvalue weighted by Gasteiger charge is -2.27. The van der Waals surface area contributed by atoms with E-state index in [4.69, 9.17) is 4.74 Å². The van der Waals surface area contributed by atoms with E-state index in [0.29, 0.717) is 12.2 Å². The second-order valence-corrected chi connectivity index (χ2v) is 7.43. The van der Waals surface area contributed by atoms with Gasteiger partial charge in [-0.3, -0.25) is 9.59 Å². The number of amides is 2. The van der Waals surface area contributed by atoms with Gasteiger partial charge in [0.05, 0.1) is 12.0 Å². The molecular formula is C18H24N2O3S. The van der Waals surface area contributed by atoms with Crippen LogP contribution in [0.4, 0.5) is 5.69 Å². The smallest absolute Gasteiger partial charge is 0.254 e. The molecule has 2 amide bonds. The second kappa shape index (κ2) is 7.57. The van der Waals surface area contributed by atoms with E-state index in [9.17, 15) is 9.59 Å². The van der Waals surface area contributed by atoms with Crippen molar-refractivity contribution >= 4 is 29.3 Å². The quantitative estimate of drug-likeness (QED) is 0.888. The zero-order chi connectivity index (χ0) is 17.1. The van der Waals surface area contributed by atoms with Crippen LogP contribution in [0.15, 0.2) is 18.2 Å². The number of nitrogens with one attached hydrogen (secondary N) is 1. The van der Waals surface area contributed by atoms with E-state index >= 15 is 0 Å². The highest BCUT2D eigenvalue weighted by atomic mass is 32.2. The first-order valence-electron chi connectivity index (χ1n) is 8.51. The van der Waals surface area contributed by atoms with Gasteiger partial charge in [0.15, 0.2) is 0 Å². The molecule has 5 nitrogen and oxygen atoms in total. The van der Waals surface area contributed by atoms with Crippen LogP contribution in [0.5, 0.6) is 0 Å². The number of hydrogen-bond donors (Lipinski definition) is 1. The van der Waals surface area contributed by atoms with Crippen LogP contribution in [0.2, 0.25) is 0 Å². The van der Waals surface area contributed by atoms with Crippen molar-refractivity contribution in [2.24, 2.45) is 5.92 Å². The highest BCUT2D eigenvalue weighted by Gasteiger charge is 2.44. The van der Waals surface area contributed by atoms with Gasteiger partial charge in [0.1, 0.15) is 0 Å². The van der Waals surface area contributed by atoms with Gasteiger partial charge in [0.25, 0.3) is 5.91 Å². The lowest BCUT2D eigenvalue weighted by atomic mass is 10.0. The van der Waals surface area contributed by atoms with Gasteiger partial charge in [-0.15, -0.1) is 0 Å². The molecule has 3 rings (SSSR count). The van der Waals surface area contributed by atoms with Crippen LogP contribution in [-0.4, -0.2) is 54.0 Å². The van der Waals surface area contributed by atoms with Crippen molar-refractivity contribution in [3.63, 3.8) is 0 Å². The molecule has 24 heavy (non-hydrogen) atoms. The number of benzene rings is 1. The van der Waals surface area contributed by atoms with Crippen molar-refractivity contribution in [3.05, 3.63) is 29.3 Å². The minimum Gasteiger partial charge on any atom is -0.378 e. The molecule has 6 heteroatoms. The summed E-state index contributed by atoms with van der Waals surface area (Å²) >= 11 is 1.88. The molecule has 0 bridgehead atoms. The normalized spacial score (nSPS) is 23.0. The molecule has 1 aliphatic heterocycles. The Hall–Kier alpha value is -1.53. The standard InChI is InChI=1S/C18H24N2O3S/c1-3-23-16-11-14(16)17(21)19-15-6-4-5-13(12(15)2)18(22)20-7-9-24-10-8-20/h4-6,14,16H,3,7-11H2,1-2H3,(H,19,21)/t14-,16+/m0/s1. The fourth-order valence-electron chi connectivity index (χ4n) is 3.01. The monoisotopic (exact) mass is 348 g/mol. The molecule has 1 heterocycles. The maximum Gasteiger partial charge on any atom is 0.254 e. The van der Waals surface area contributed by atoms with Gasteiger partial charge in [-0.05, 0) is 38.0 Å². The molecule has 0 aromatic heterocycles. The van der Waals surface area contributed by atoms with Gasteiger partial charge < -0.3 is 15.0 Å². The Morgan fingerprint density at radius 1 is 1.33 bits per heavy atom. The van der Waals surface area contributed by atoms with Gasteiger partial charge in [-0.1, -0.05) is 6.07 Å². The van der Waals surface area contributed by atoms with Gasteiger partial charge in [-0.2, -0.15) is 11.8 Å². The summed E-state index contributed by atoms with van der Waals surface area (Å²) < 4.78 is 5.47. The van der Waals surface area contributed by atoms with Crippen LogP contribution in [-0.2, 0) is 9.53 Å². The molecule has 0 radical (unpaired) electrons. The predicted octanol–water partition coefficient (Wildman–Crippen LogP) is 2.55. The van der Waals surface area contributed by atoms with Crippen molar-refractivity contribution in [2.45, 2.75) is 26.4 Å². The van der Waals surface area contributed by atoms with Gasteiger partial charge in [-0.25, -0.2) is 0 Å². The Morgan fingerprint density at radius 2 is 2.08 bits per heavy atom. The van der Waals surface area contributed by atoms with Gasteiger partial charge >= 0.3 is 0 Å². The molecular weight excluding hydrogens is 324 g/mol. The van der Waals surface area contributed by atoms with E-state index in [-0.39, 0.29) is 23.8 Å². The average Bonchev–Trinajstić information content (AvgIpc) is 3.37. The Labute approximate surface area is 147 Å². The molecule has 1 aromatic carbocycles. The zero-order valence-electron chi connectivity index (χ0n) is 14.2. The lowest BCUT2D eigenvalue weighted by Crippen LogP contribution is -2.38. The fourth-order valence-corrected chi connectivity index (χ4v) is 3.91. The SMILES string of the molecule is CCO[C@@H]1C[C@@H]1C(=O)Nc1cccc(C(=O)N2CCSCC2)c1C. The molecule has 1 aliphatic carbocycles. The third-order valence-corrected chi connectivity index (χ3v) is 5.51. The molecule has 1 saturated carbocycles. The summed E-state index contributed by atoms with van der Waals surface area (Å²) in [7, 11) is 0. The third kappa shape index (κ3) is 3.75. The summed E-state index contributed by atoms with van der Waals surface area (Å²) in [6, 6.07) is 5.53. The largest absolute Gasteiger partial charge is 0.378 e. The summed E-state index contributed by atoms with van der Waals surface area (Å²) in [6.07, 6.45) is 0.828. The number of carbonyl (C=O) groups is 2. The molecule has 130 valence electrons. The molecule has 1 N–H and O–H groups in total. The summed E-state index contributed by atoms with van der Waals surface area (Å²) in [4.78, 5) is 26.9. The molecule has 2 atom stereocenters. The fraction of sp³-hybridized carbons (Fsp3) is 0.556. The molecule has 1 saturated heterocycles. The van der Waals surface area contributed by atoms with E-state index in [1.807, 2.05) is 48.7 Å². The van der Waals surface area contributed by atoms with Crippen molar-refractivity contribution < 1.29 is 14.3 Å². The Morgan fingerprint density at radius 3 is 2.79 bits per heavy atom. The Balaban J connectivity index is 1.69. The first-order chi connectivity index (χ1) is 11.6. The Bertz CT molecular complexity index is 629. The lowest BCUT2D eigenvalue weighted by molar-refractivity contribution is -0.118. The van der Waals surface area contributed by atoms with Crippen LogP contribution >= 0.6 is 11.8 Å². The number of nitrogens with zero attached hydrogens (tertiary/aromatic N) is 1. The minimum absolute atomic E-state index is 0.0180. The highest BCUT2D eigenvalue weighted by Crippen LogP contribution is 2.35. The molecule has 0 spiro atoms. The van der Waals surface area contributed by atoms with Crippen molar-refractivity contribution in [2.75, 3.05) is 36.5 Å². The van der Waals surface area contributed by atoms with Crippen molar-refractivity contribution in [1.82, 2.24) is 4.90 Å². The first-order valence-corrected chi connectivity index (χ1v) is 9.66. The van der Waals surface area contributed by atoms with Gasteiger partial charge in [0, 0.05) is 42.5 Å². The van der Waals surface area contributed by atoms with Crippen molar-refractivity contribution in [3.8, 4) is 0 Å². The van der Waals surface area contributed by atoms with E-state index in [1.165, 1.54) is 0 Å². The third-order valence-electron chi connectivity index (χ3n) is 4.57. The summed E-state index contributed by atoms with van der Waals surface area (Å²) in [5.41, 5.74) is 2.24. The van der Waals surface area contributed by atoms with E-state index in [0.717, 1.165) is 42.3 Å². The van der Waals surface area contributed by atoms with Crippen LogP contribution in [0.1, 0.15) is 29.3 Å². The maximum absolute atomic E-state index is 12.7. The zero-order valence-corrected chi connectivity index (χ0v) is 15.0. The van der Waals surface area contributed by atoms with E-state index < -0.39 is 0 Å². The summed E-state index contributed by atoms with van der Waals surface area (Å²) in [5, 5.41) is 2.96. The number of ether oxygens (including phenoxy) is 1. The molecule has 2 fully saturated rings. The number of thioether (sulfide) groups is 1. The molecule has 2 aliphatic rings. The average molecular weight is 348 g/mol. The van der Waals surface area contributed by atoms with Crippen molar-refractivity contribution in [1.29, 1.82) is 0 Å². The number of hydrogen-bond acceptors (Lipinski definition) is 4. The second-order valence-electron chi connectivity index (χ2n) is 6.21. The van der Waals surface area contributed by atoms with Gasteiger partial charge in [0.2, 0.25) is 5.91 Å². The maximum atomic E-state index is 12.7. The minimum atomic E-state index is -0.0668. The molecule has 1 aromatic rings. The van der Waals surface area contributed by atoms with Crippen LogP contribution in [0, 0.1) is 12.8 Å². The predicted molar refractivity (Wildman–Crippen MR) is 96.6 cm³/mol. The summed E-state index contributed by atoms with van der Waals surface area (Å²) in [6.45, 7) is 6.04. The van der Waals surface area contributed by atoms with E-state index in [1.54, 1.807) is 0 Å². The van der Waals surface area contributed by atoms with Crippen LogP contribution < -0.4 is 5.32 Å². The first kappa shape index (κ1) is 17.3. The number of rotatable bonds is 5. The number of anilines is 1. The highest BCUT2D eigenvalue weighted by molar-refractivity contribution is 7.99. The van der Waals surface area contributed by atoms with Crippen LogP contribution in [0.3, 0.4) is 0 Å². The Kier molecular flexibility index (Phi) is 5.46. The topological polar surface area (TPSA) is 58.6 Å². The number of carbonyl (C=O) groups excluding carboxylic acids is 2. The summed E-state index contributed by atoms with van der Waals surface area (Å²) in [5.74, 6) is 1.95.